The number of nitrogens with zero attached hydrogens (tertiary/aromatic N) is 5. The highest BCUT2D eigenvalue weighted by atomic mass is 19.4. The fourth-order valence-electron chi connectivity index (χ4n) is 3.26. The van der Waals surface area contributed by atoms with Gasteiger partial charge in [-0.05, 0) is 19.1 Å². The van der Waals surface area contributed by atoms with Gasteiger partial charge in [-0.2, -0.15) is 31.4 Å². The first kappa shape index (κ1) is 25.9. The molecule has 4 aromatic rings. The summed E-state index contributed by atoms with van der Waals surface area (Å²) in [5.74, 6) is -1.09. The van der Waals surface area contributed by atoms with Gasteiger partial charge in [0, 0.05) is 18.2 Å². The number of nitrogen functional groups attached to an aromatic ring is 1. The van der Waals surface area contributed by atoms with E-state index in [9.17, 15) is 30.7 Å². The zero-order valence-electron chi connectivity index (χ0n) is 18.9. The molecule has 37 heavy (non-hydrogen) atoms. The summed E-state index contributed by atoms with van der Waals surface area (Å²) in [7, 11) is 0. The number of hydrogen-bond donors (Lipinski definition) is 2. The van der Waals surface area contributed by atoms with Crippen LogP contribution in [-0.4, -0.2) is 43.8 Å². The van der Waals surface area contributed by atoms with Crippen LogP contribution < -0.4 is 11.1 Å². The first-order valence-electron chi connectivity index (χ1n) is 10.5. The van der Waals surface area contributed by atoms with Crippen molar-refractivity contribution in [3.05, 3.63) is 60.2 Å². The van der Waals surface area contributed by atoms with Crippen molar-refractivity contribution in [2.24, 2.45) is 5.41 Å². The second-order valence-electron chi connectivity index (χ2n) is 8.23. The van der Waals surface area contributed by atoms with E-state index in [1.54, 1.807) is 12.1 Å². The van der Waals surface area contributed by atoms with Gasteiger partial charge in [-0.1, -0.05) is 23.4 Å². The minimum Gasteiger partial charge on any atom is -0.394 e. The van der Waals surface area contributed by atoms with E-state index in [1.165, 1.54) is 35.2 Å². The van der Waals surface area contributed by atoms with Crippen LogP contribution in [-0.2, 0) is 6.54 Å². The van der Waals surface area contributed by atoms with Crippen molar-refractivity contribution >= 4 is 11.5 Å². The van der Waals surface area contributed by atoms with Crippen molar-refractivity contribution in [1.82, 2.24) is 24.9 Å². The van der Waals surface area contributed by atoms with Crippen LogP contribution in [0.3, 0.4) is 0 Å². The van der Waals surface area contributed by atoms with Gasteiger partial charge in [0.1, 0.15) is 23.5 Å². The average molecular weight is 529 g/mol. The Kier molecular flexibility index (Phi) is 6.56. The monoisotopic (exact) mass is 529 g/mol. The zero-order chi connectivity index (χ0) is 27.0. The quantitative estimate of drug-likeness (QED) is 0.313. The number of hydrogen-bond acceptors (Lipinski definition) is 7. The number of nitrogens with two attached hydrogens (primary N) is 1. The third-order valence-electron chi connectivity index (χ3n) is 5.67. The number of anilines is 2. The summed E-state index contributed by atoms with van der Waals surface area (Å²) < 4.78 is 100. The molecule has 15 heteroatoms. The Morgan fingerprint density at radius 2 is 1.73 bits per heavy atom. The van der Waals surface area contributed by atoms with Crippen molar-refractivity contribution in [3.8, 4) is 22.9 Å². The van der Waals surface area contributed by atoms with Crippen LogP contribution in [0.4, 0.5) is 42.2 Å². The summed E-state index contributed by atoms with van der Waals surface area (Å²) in [6.45, 7) is -1.58. The van der Waals surface area contributed by atoms with Crippen molar-refractivity contribution in [1.29, 1.82) is 0 Å². The second kappa shape index (κ2) is 9.37. The van der Waals surface area contributed by atoms with Gasteiger partial charge in [-0.15, -0.1) is 0 Å². The lowest BCUT2D eigenvalue weighted by atomic mass is 9.89. The molecular formula is C22H18F7N7O. The smallest absolute Gasteiger partial charge is 0.394 e. The molecule has 0 bridgehead atoms. The highest BCUT2D eigenvalue weighted by molar-refractivity contribution is 5.67. The molecule has 4 rings (SSSR count). The maximum atomic E-state index is 14.2. The lowest BCUT2D eigenvalue weighted by Crippen LogP contribution is -2.52. The Bertz CT molecular complexity index is 1370. The average Bonchev–Trinajstić information content (AvgIpc) is 3.48. The number of benzene rings is 1. The molecular weight excluding hydrogens is 511 g/mol. The summed E-state index contributed by atoms with van der Waals surface area (Å²) in [6, 6.07) is 8.95. The maximum Gasteiger partial charge on any atom is 0.404 e. The summed E-state index contributed by atoms with van der Waals surface area (Å²) >= 11 is 0. The number of nitrogens with one attached hydrogen (secondary N) is 1. The van der Waals surface area contributed by atoms with Gasteiger partial charge in [-0.25, -0.2) is 14.4 Å². The maximum absolute atomic E-state index is 14.2. The molecule has 0 saturated carbocycles. The first-order valence-corrected chi connectivity index (χ1v) is 10.5. The normalized spacial score (nSPS) is 12.6. The van der Waals surface area contributed by atoms with Gasteiger partial charge in [0.25, 0.3) is 0 Å². The summed E-state index contributed by atoms with van der Waals surface area (Å²) in [5, 5.41) is 10.2. The van der Waals surface area contributed by atoms with E-state index in [0.717, 1.165) is 6.20 Å². The minimum atomic E-state index is -5.60. The SMILES string of the molecule is CC(CNc1nc(-c2cc(-c3ccon3)n(Cc3ccccc3F)n2)ncc1N)(C(F)(F)F)C(F)(F)F. The summed E-state index contributed by atoms with van der Waals surface area (Å²) in [5.41, 5.74) is 2.42. The van der Waals surface area contributed by atoms with E-state index in [2.05, 4.69) is 20.2 Å². The third kappa shape index (κ3) is 5.06. The first-order chi connectivity index (χ1) is 17.3. The predicted octanol–water partition coefficient (Wildman–Crippen LogP) is 5.31. The lowest BCUT2D eigenvalue weighted by molar-refractivity contribution is -0.328. The van der Waals surface area contributed by atoms with Crippen LogP contribution >= 0.6 is 0 Å². The van der Waals surface area contributed by atoms with E-state index >= 15 is 0 Å². The number of aromatic nitrogens is 5. The van der Waals surface area contributed by atoms with Crippen molar-refractivity contribution < 1.29 is 35.3 Å². The van der Waals surface area contributed by atoms with Gasteiger partial charge >= 0.3 is 12.4 Å². The number of halogens is 7. The molecule has 0 atom stereocenters. The van der Waals surface area contributed by atoms with Crippen molar-refractivity contribution in [2.75, 3.05) is 17.6 Å². The molecule has 0 unspecified atom stereocenters. The molecule has 0 radical (unpaired) electrons. The highest BCUT2D eigenvalue weighted by Gasteiger charge is 2.67. The van der Waals surface area contributed by atoms with Crippen LogP contribution in [0.25, 0.3) is 22.9 Å². The molecule has 0 aliphatic carbocycles. The molecule has 0 amide bonds. The largest absolute Gasteiger partial charge is 0.404 e. The van der Waals surface area contributed by atoms with E-state index < -0.39 is 35.9 Å². The number of rotatable bonds is 7. The Morgan fingerprint density at radius 1 is 1.03 bits per heavy atom. The zero-order valence-corrected chi connectivity index (χ0v) is 18.9. The van der Waals surface area contributed by atoms with Gasteiger partial charge in [0.05, 0.1) is 24.1 Å². The summed E-state index contributed by atoms with van der Waals surface area (Å²) in [6.07, 6.45) is -8.87. The second-order valence-corrected chi connectivity index (χ2v) is 8.23. The molecule has 3 heterocycles. The molecule has 8 nitrogen and oxygen atoms in total. The Morgan fingerprint density at radius 3 is 2.35 bits per heavy atom. The van der Waals surface area contributed by atoms with Crippen LogP contribution in [0.5, 0.6) is 0 Å². The van der Waals surface area contributed by atoms with Crippen molar-refractivity contribution in [3.63, 3.8) is 0 Å². The summed E-state index contributed by atoms with van der Waals surface area (Å²) in [4.78, 5) is 7.99. The fraction of sp³-hybridized carbons (Fsp3) is 0.273. The van der Waals surface area contributed by atoms with E-state index in [0.29, 0.717) is 17.0 Å². The molecule has 0 spiro atoms. The molecule has 3 aromatic heterocycles. The Balaban J connectivity index is 1.69. The molecule has 0 aliphatic heterocycles. The topological polar surface area (TPSA) is 108 Å². The van der Waals surface area contributed by atoms with Gasteiger partial charge < -0.3 is 15.6 Å². The molecule has 0 saturated heterocycles. The van der Waals surface area contributed by atoms with E-state index in [-0.39, 0.29) is 30.7 Å². The van der Waals surface area contributed by atoms with E-state index in [1.807, 2.05) is 5.32 Å². The van der Waals surface area contributed by atoms with Gasteiger partial charge in [-0.3, -0.25) is 4.68 Å². The number of alkyl halides is 6. The minimum absolute atomic E-state index is 0.0346. The van der Waals surface area contributed by atoms with Crippen LogP contribution in [0, 0.1) is 11.2 Å². The van der Waals surface area contributed by atoms with Crippen LogP contribution in [0.1, 0.15) is 12.5 Å². The Hall–Kier alpha value is -4.17. The molecule has 196 valence electrons. The molecule has 0 fully saturated rings. The van der Waals surface area contributed by atoms with Gasteiger partial charge in [0.2, 0.25) is 0 Å². The predicted molar refractivity (Wildman–Crippen MR) is 117 cm³/mol. The molecule has 0 aliphatic rings. The van der Waals surface area contributed by atoms with Gasteiger partial charge in [0.15, 0.2) is 17.1 Å². The van der Waals surface area contributed by atoms with E-state index in [4.69, 9.17) is 10.3 Å². The molecule has 1 aromatic carbocycles. The molecule has 3 N–H and O–H groups in total. The third-order valence-corrected chi connectivity index (χ3v) is 5.67. The van der Waals surface area contributed by atoms with Crippen molar-refractivity contribution in [2.45, 2.75) is 25.8 Å². The highest BCUT2D eigenvalue weighted by Crippen LogP contribution is 2.50. The lowest BCUT2D eigenvalue weighted by Gasteiger charge is -2.34. The Labute approximate surface area is 204 Å². The fourth-order valence-corrected chi connectivity index (χ4v) is 3.26. The van der Waals surface area contributed by atoms with Crippen LogP contribution in [0.2, 0.25) is 0 Å². The standard InChI is InChI=1S/C22H18F7N7O/c1-20(21(24,25)26,22(27,28)29)11-32-18-14(30)9-31-19(33-18)16-8-17(15-6-7-37-35-15)36(34-16)10-12-4-2-3-5-13(12)23/h2-9H,10-11,30H2,1H3,(H,31,32,33). The van der Waals surface area contributed by atoms with Crippen LogP contribution in [0.15, 0.2) is 53.4 Å².